The van der Waals surface area contributed by atoms with Crippen LogP contribution in [0.5, 0.6) is 5.75 Å². The first-order valence-electron chi connectivity index (χ1n) is 10.1. The van der Waals surface area contributed by atoms with E-state index in [1.165, 1.54) is 22.9 Å². The first-order valence-corrected chi connectivity index (χ1v) is 10.8. The third-order valence-electron chi connectivity index (χ3n) is 5.91. The van der Waals surface area contributed by atoms with Crippen LogP contribution in [0.1, 0.15) is 30.5 Å². The summed E-state index contributed by atoms with van der Waals surface area (Å²) in [4.78, 5) is 2.36. The fraction of sp³-hybridized carbons (Fsp3) is 0.200. The molecule has 0 spiro atoms. The number of halogens is 1. The quantitative estimate of drug-likeness (QED) is 0.473. The van der Waals surface area contributed by atoms with Crippen molar-refractivity contribution in [3.8, 4) is 5.75 Å². The van der Waals surface area contributed by atoms with Gasteiger partial charge in [-0.3, -0.25) is 10.4 Å². The van der Waals surface area contributed by atoms with Gasteiger partial charge in [-0.2, -0.15) is 0 Å². The Kier molecular flexibility index (Phi) is 5.79. The largest absolute Gasteiger partial charge is 0.871 e. The second kappa shape index (κ2) is 8.38. The summed E-state index contributed by atoms with van der Waals surface area (Å²) in [5, 5.41) is 31.3. The number of hydrogen-bond acceptors (Lipinski definition) is 5. The van der Waals surface area contributed by atoms with E-state index in [0.29, 0.717) is 10.0 Å². The molecule has 2 N–H and O–H groups in total. The Morgan fingerprint density at radius 2 is 1.74 bits per heavy atom. The van der Waals surface area contributed by atoms with Crippen molar-refractivity contribution in [3.05, 3.63) is 94.0 Å². The molecular formula is C25H24BrN2O3-. The number of rotatable bonds is 5. The Morgan fingerprint density at radius 3 is 2.45 bits per heavy atom. The van der Waals surface area contributed by atoms with Crippen LogP contribution in [0.3, 0.4) is 0 Å². The first-order chi connectivity index (χ1) is 14.8. The second-order valence-electron chi connectivity index (χ2n) is 8.29. The van der Waals surface area contributed by atoms with Crippen LogP contribution < -0.4 is 15.2 Å². The molecule has 0 aliphatic carbocycles. The van der Waals surface area contributed by atoms with Crippen LogP contribution in [0.2, 0.25) is 0 Å². The maximum Gasteiger partial charge on any atom is 0.0881 e. The zero-order chi connectivity index (χ0) is 22.2. The molecule has 1 atom stereocenters. The van der Waals surface area contributed by atoms with Crippen LogP contribution in [-0.4, -0.2) is 16.5 Å². The molecule has 4 rings (SSSR count). The minimum absolute atomic E-state index is 0.00583. The maximum absolute atomic E-state index is 12.7. The third kappa shape index (κ3) is 4.06. The van der Waals surface area contributed by atoms with E-state index in [2.05, 4.69) is 65.0 Å². The minimum atomic E-state index is -0.452. The van der Waals surface area contributed by atoms with Gasteiger partial charge in [-0.1, -0.05) is 96.2 Å². The minimum Gasteiger partial charge on any atom is -0.871 e. The average Bonchev–Trinajstić information content (AvgIpc) is 2.95. The molecule has 1 aliphatic heterocycles. The van der Waals surface area contributed by atoms with Crippen molar-refractivity contribution >= 4 is 33.4 Å². The summed E-state index contributed by atoms with van der Waals surface area (Å²) in [6, 6.07) is 21.8. The van der Waals surface area contributed by atoms with Crippen LogP contribution in [0.4, 0.5) is 11.4 Å². The van der Waals surface area contributed by atoms with Crippen molar-refractivity contribution < 1.29 is 15.5 Å². The SMILES string of the molecule is CC1(C)c2ccccc2N(Cc2ccccc2)C1C=Cc1cc(Br)cc(N(O)O)c1[O-]. The summed E-state index contributed by atoms with van der Waals surface area (Å²) < 4.78 is 0.588. The number of fused-ring (bicyclic) bond motifs is 1. The zero-order valence-corrected chi connectivity index (χ0v) is 19.0. The highest BCUT2D eigenvalue weighted by molar-refractivity contribution is 9.10. The number of nitrogens with zero attached hydrogens (tertiary/aromatic N) is 2. The van der Waals surface area contributed by atoms with Gasteiger partial charge in [-0.05, 0) is 34.9 Å². The van der Waals surface area contributed by atoms with Crippen molar-refractivity contribution in [3.63, 3.8) is 0 Å². The molecule has 1 aliphatic rings. The molecular weight excluding hydrogens is 456 g/mol. The molecule has 3 aromatic carbocycles. The summed E-state index contributed by atoms with van der Waals surface area (Å²) in [5.74, 6) is -0.452. The lowest BCUT2D eigenvalue weighted by atomic mass is 9.80. The van der Waals surface area contributed by atoms with Gasteiger partial charge in [0, 0.05) is 22.1 Å². The molecule has 1 heterocycles. The van der Waals surface area contributed by atoms with Gasteiger partial charge in [0.1, 0.15) is 0 Å². The highest BCUT2D eigenvalue weighted by Crippen LogP contribution is 2.46. The van der Waals surface area contributed by atoms with Crippen LogP contribution in [0.25, 0.3) is 6.08 Å². The molecule has 0 bridgehead atoms. The Morgan fingerprint density at radius 1 is 1.06 bits per heavy atom. The molecule has 160 valence electrons. The lowest BCUT2D eigenvalue weighted by Gasteiger charge is -2.33. The lowest BCUT2D eigenvalue weighted by Crippen LogP contribution is -2.39. The third-order valence-corrected chi connectivity index (χ3v) is 6.37. The Bertz CT molecular complexity index is 1110. The van der Waals surface area contributed by atoms with E-state index in [-0.39, 0.29) is 22.4 Å². The molecule has 0 aromatic heterocycles. The van der Waals surface area contributed by atoms with Crippen LogP contribution in [0, 0.1) is 0 Å². The summed E-state index contributed by atoms with van der Waals surface area (Å²) >= 11 is 3.34. The van der Waals surface area contributed by atoms with Crippen molar-refractivity contribution in [2.24, 2.45) is 0 Å². The molecule has 0 saturated heterocycles. The van der Waals surface area contributed by atoms with E-state index in [1.807, 2.05) is 30.3 Å². The summed E-state index contributed by atoms with van der Waals surface area (Å²) in [5.41, 5.74) is 3.64. The van der Waals surface area contributed by atoms with E-state index >= 15 is 0 Å². The highest BCUT2D eigenvalue weighted by Gasteiger charge is 2.42. The predicted octanol–water partition coefficient (Wildman–Crippen LogP) is 5.49. The number of hydrogen-bond donors (Lipinski definition) is 2. The van der Waals surface area contributed by atoms with Crippen molar-refractivity contribution in [2.45, 2.75) is 31.8 Å². The molecule has 6 heteroatoms. The van der Waals surface area contributed by atoms with Crippen LogP contribution in [-0.2, 0) is 12.0 Å². The summed E-state index contributed by atoms with van der Waals surface area (Å²) in [6.45, 7) is 5.16. The second-order valence-corrected chi connectivity index (χ2v) is 9.20. The highest BCUT2D eigenvalue weighted by atomic mass is 79.9. The standard InChI is InChI=1S/C25H25BrN2O3/c1-25(2)20-10-6-7-11-21(20)27(16-17-8-4-3-5-9-17)23(25)13-12-18-14-19(26)15-22(24(18)29)28(30)31/h3-15,23,29-31H,16H2,1-2H3/p-1. The molecule has 1 unspecified atom stereocenters. The van der Waals surface area contributed by atoms with Crippen molar-refractivity contribution in [2.75, 3.05) is 10.1 Å². The fourth-order valence-corrected chi connectivity index (χ4v) is 4.81. The predicted molar refractivity (Wildman–Crippen MR) is 125 cm³/mol. The van der Waals surface area contributed by atoms with Crippen LogP contribution in [0.15, 0.2) is 77.3 Å². The van der Waals surface area contributed by atoms with Gasteiger partial charge in [-0.15, -0.1) is 5.23 Å². The zero-order valence-electron chi connectivity index (χ0n) is 17.4. The van der Waals surface area contributed by atoms with E-state index in [4.69, 9.17) is 0 Å². The van der Waals surface area contributed by atoms with E-state index in [0.717, 1.165) is 6.54 Å². The monoisotopic (exact) mass is 479 g/mol. The van der Waals surface area contributed by atoms with Crippen LogP contribution >= 0.6 is 15.9 Å². The Hall–Kier alpha value is -2.80. The van der Waals surface area contributed by atoms with Crippen molar-refractivity contribution in [1.82, 2.24) is 0 Å². The van der Waals surface area contributed by atoms with Gasteiger partial charge >= 0.3 is 0 Å². The maximum atomic E-state index is 12.7. The average molecular weight is 480 g/mol. The lowest BCUT2D eigenvalue weighted by molar-refractivity contribution is -0.268. The number of anilines is 2. The molecule has 0 amide bonds. The van der Waals surface area contributed by atoms with Gasteiger partial charge in [-0.25, -0.2) is 0 Å². The summed E-state index contributed by atoms with van der Waals surface area (Å²) in [6.07, 6.45) is 3.81. The van der Waals surface area contributed by atoms with E-state index in [9.17, 15) is 15.5 Å². The molecule has 31 heavy (non-hydrogen) atoms. The fourth-order valence-electron chi connectivity index (χ4n) is 4.34. The first kappa shape index (κ1) is 21.4. The number of benzene rings is 3. The van der Waals surface area contributed by atoms with Gasteiger partial charge in [0.05, 0.1) is 11.7 Å². The smallest absolute Gasteiger partial charge is 0.0881 e. The Balaban J connectivity index is 1.75. The topological polar surface area (TPSA) is 70.0 Å². The normalized spacial score (nSPS) is 17.2. The van der Waals surface area contributed by atoms with E-state index in [1.54, 1.807) is 12.1 Å². The molecule has 5 nitrogen and oxygen atoms in total. The Labute approximate surface area is 190 Å². The number of para-hydroxylation sites is 1. The molecule has 0 radical (unpaired) electrons. The van der Waals surface area contributed by atoms with Gasteiger partial charge < -0.3 is 10.0 Å². The molecule has 3 aromatic rings. The van der Waals surface area contributed by atoms with Gasteiger partial charge in [0.25, 0.3) is 0 Å². The van der Waals surface area contributed by atoms with E-state index < -0.39 is 5.75 Å². The van der Waals surface area contributed by atoms with Crippen molar-refractivity contribution in [1.29, 1.82) is 0 Å². The molecule has 0 saturated carbocycles. The van der Waals surface area contributed by atoms with Gasteiger partial charge in [0.2, 0.25) is 0 Å². The van der Waals surface area contributed by atoms with Gasteiger partial charge in [0.15, 0.2) is 0 Å². The summed E-state index contributed by atoms with van der Waals surface area (Å²) in [7, 11) is 0. The molecule has 0 fully saturated rings.